The van der Waals surface area contributed by atoms with Crippen LogP contribution in [0.2, 0.25) is 5.15 Å². The minimum Gasteiger partial charge on any atom is -0.444 e. The lowest BCUT2D eigenvalue weighted by Crippen LogP contribution is -2.27. The molecule has 0 radical (unpaired) electrons. The number of imidazole rings is 1. The Bertz CT molecular complexity index is 691. The Kier molecular flexibility index (Phi) is 3.66. The average molecular weight is 305 g/mol. The second-order valence-electron chi connectivity index (χ2n) is 4.10. The van der Waals surface area contributed by atoms with Crippen molar-refractivity contribution in [2.24, 2.45) is 7.05 Å². The number of nitrogens with zero attached hydrogens (tertiary/aromatic N) is 3. The van der Waals surface area contributed by atoms with Crippen LogP contribution in [0.1, 0.15) is 24.6 Å². The number of sulfonamides is 1. The van der Waals surface area contributed by atoms with Crippen LogP contribution < -0.4 is 4.72 Å². The fourth-order valence-electron chi connectivity index (χ4n) is 1.49. The van der Waals surface area contributed by atoms with Gasteiger partial charge in [-0.1, -0.05) is 11.6 Å². The van der Waals surface area contributed by atoms with Gasteiger partial charge in [-0.2, -0.15) is 4.72 Å². The number of oxazole rings is 1. The van der Waals surface area contributed by atoms with Gasteiger partial charge in [0.25, 0.3) is 10.0 Å². The largest absolute Gasteiger partial charge is 0.444 e. The van der Waals surface area contributed by atoms with E-state index in [1.807, 2.05) is 0 Å². The molecule has 0 aliphatic rings. The topological polar surface area (TPSA) is 90.0 Å². The van der Waals surface area contributed by atoms with E-state index in [4.69, 9.17) is 16.0 Å². The molecule has 1 atom stereocenters. The molecular formula is C10H13ClN4O3S. The summed E-state index contributed by atoms with van der Waals surface area (Å²) in [5, 5.41) is -0.171. The van der Waals surface area contributed by atoms with Crippen LogP contribution in [-0.2, 0) is 17.1 Å². The lowest BCUT2D eigenvalue weighted by atomic mass is 10.4. The summed E-state index contributed by atoms with van der Waals surface area (Å²) in [6, 6.07) is -0.614. The first-order chi connectivity index (χ1) is 8.81. The van der Waals surface area contributed by atoms with Crippen LogP contribution in [0.15, 0.2) is 22.0 Å². The molecule has 0 aromatic carbocycles. The maximum absolute atomic E-state index is 12.1. The molecule has 7 nitrogen and oxygen atoms in total. The molecule has 9 heteroatoms. The van der Waals surface area contributed by atoms with Crippen LogP contribution in [0.25, 0.3) is 0 Å². The third-order valence-electron chi connectivity index (χ3n) is 2.43. The highest BCUT2D eigenvalue weighted by Gasteiger charge is 2.26. The Morgan fingerprint density at radius 1 is 1.47 bits per heavy atom. The van der Waals surface area contributed by atoms with Gasteiger partial charge >= 0.3 is 0 Å². The second-order valence-corrected chi connectivity index (χ2v) is 6.09. The number of hydrogen-bond donors (Lipinski definition) is 1. The quantitative estimate of drug-likeness (QED) is 0.922. The molecule has 1 N–H and O–H groups in total. The molecule has 0 aliphatic heterocycles. The van der Waals surface area contributed by atoms with Crippen molar-refractivity contribution < 1.29 is 12.8 Å². The van der Waals surface area contributed by atoms with Gasteiger partial charge in [-0.05, 0) is 13.8 Å². The van der Waals surface area contributed by atoms with Gasteiger partial charge in [-0.3, -0.25) is 0 Å². The SMILES string of the molecule is Cc1cnc(C(C)NS(=O)(=O)c2ncn(C)c2Cl)o1. The van der Waals surface area contributed by atoms with Gasteiger partial charge in [0.05, 0.1) is 18.6 Å². The minimum atomic E-state index is -3.82. The lowest BCUT2D eigenvalue weighted by Gasteiger charge is -2.09. The predicted octanol–water partition coefficient (Wildman–Crippen LogP) is 1.41. The number of nitrogens with one attached hydrogen (secondary N) is 1. The molecule has 0 aliphatic carbocycles. The third-order valence-corrected chi connectivity index (χ3v) is 4.46. The summed E-state index contributed by atoms with van der Waals surface area (Å²) < 4.78 is 33.3. The zero-order valence-corrected chi connectivity index (χ0v) is 12.2. The summed E-state index contributed by atoms with van der Waals surface area (Å²) in [4.78, 5) is 7.74. The molecule has 0 bridgehead atoms. The molecule has 2 heterocycles. The van der Waals surface area contributed by atoms with Crippen LogP contribution in [0, 0.1) is 6.92 Å². The Labute approximate surface area is 115 Å². The second kappa shape index (κ2) is 4.95. The first-order valence-corrected chi connectivity index (χ1v) is 7.29. The molecule has 0 saturated carbocycles. The highest BCUT2D eigenvalue weighted by atomic mass is 35.5. The number of aromatic nitrogens is 3. The zero-order valence-electron chi connectivity index (χ0n) is 10.6. The van der Waals surface area contributed by atoms with E-state index in [-0.39, 0.29) is 16.1 Å². The highest BCUT2D eigenvalue weighted by Crippen LogP contribution is 2.21. The van der Waals surface area contributed by atoms with Crippen LogP contribution >= 0.6 is 11.6 Å². The van der Waals surface area contributed by atoms with Gasteiger partial charge in [-0.15, -0.1) is 0 Å². The van der Waals surface area contributed by atoms with Crippen molar-refractivity contribution in [3.8, 4) is 0 Å². The minimum absolute atomic E-state index is 0.0447. The molecule has 0 fully saturated rings. The Balaban J connectivity index is 2.25. The summed E-state index contributed by atoms with van der Waals surface area (Å²) >= 11 is 5.87. The van der Waals surface area contributed by atoms with Crippen LogP contribution in [-0.4, -0.2) is 23.0 Å². The van der Waals surface area contributed by atoms with E-state index >= 15 is 0 Å². The fourth-order valence-corrected chi connectivity index (χ4v) is 3.11. The number of hydrogen-bond acceptors (Lipinski definition) is 5. The van der Waals surface area contributed by atoms with Crippen molar-refractivity contribution >= 4 is 21.6 Å². The molecule has 2 aromatic rings. The van der Waals surface area contributed by atoms with Crippen molar-refractivity contribution in [1.29, 1.82) is 0 Å². The normalized spacial score (nSPS) is 13.7. The van der Waals surface area contributed by atoms with Crippen molar-refractivity contribution in [2.45, 2.75) is 24.9 Å². The maximum atomic E-state index is 12.1. The fraction of sp³-hybridized carbons (Fsp3) is 0.400. The zero-order chi connectivity index (χ0) is 14.2. The number of halogens is 1. The van der Waals surface area contributed by atoms with E-state index < -0.39 is 16.1 Å². The highest BCUT2D eigenvalue weighted by molar-refractivity contribution is 7.89. The molecule has 0 amide bonds. The third kappa shape index (κ3) is 2.80. The number of aryl methyl sites for hydroxylation is 2. The van der Waals surface area contributed by atoms with Crippen molar-refractivity contribution in [3.63, 3.8) is 0 Å². The van der Waals surface area contributed by atoms with Gasteiger partial charge < -0.3 is 8.98 Å². The van der Waals surface area contributed by atoms with E-state index in [1.54, 1.807) is 20.9 Å². The van der Waals surface area contributed by atoms with Crippen molar-refractivity contribution in [2.75, 3.05) is 0 Å². The monoisotopic (exact) mass is 304 g/mol. The summed E-state index contributed by atoms with van der Waals surface area (Å²) in [5.41, 5.74) is 0. The average Bonchev–Trinajstić information content (AvgIpc) is 2.87. The first kappa shape index (κ1) is 14.0. The Hall–Kier alpha value is -1.38. The van der Waals surface area contributed by atoms with Crippen molar-refractivity contribution in [1.82, 2.24) is 19.3 Å². The molecule has 104 valence electrons. The molecule has 2 rings (SSSR count). The summed E-state index contributed by atoms with van der Waals surface area (Å²) in [6.07, 6.45) is 2.85. The van der Waals surface area contributed by atoms with Crippen LogP contribution in [0.5, 0.6) is 0 Å². The molecule has 0 saturated heterocycles. The van der Waals surface area contributed by atoms with E-state index in [2.05, 4.69) is 14.7 Å². The van der Waals surface area contributed by atoms with Gasteiger partial charge in [0, 0.05) is 7.05 Å². The molecular weight excluding hydrogens is 292 g/mol. The first-order valence-electron chi connectivity index (χ1n) is 5.42. The summed E-state index contributed by atoms with van der Waals surface area (Å²) in [5.74, 6) is 0.894. The van der Waals surface area contributed by atoms with E-state index in [1.165, 1.54) is 17.1 Å². The Morgan fingerprint density at radius 3 is 2.63 bits per heavy atom. The molecule has 0 spiro atoms. The van der Waals surface area contributed by atoms with E-state index in [9.17, 15) is 8.42 Å². The van der Waals surface area contributed by atoms with Gasteiger partial charge in [-0.25, -0.2) is 18.4 Å². The summed E-state index contributed by atoms with van der Waals surface area (Å²) in [6.45, 7) is 3.35. The van der Waals surface area contributed by atoms with Crippen LogP contribution in [0.4, 0.5) is 0 Å². The number of rotatable bonds is 4. The van der Waals surface area contributed by atoms with E-state index in [0.717, 1.165) is 0 Å². The van der Waals surface area contributed by atoms with Gasteiger partial charge in [0.1, 0.15) is 10.9 Å². The Morgan fingerprint density at radius 2 is 2.16 bits per heavy atom. The lowest BCUT2D eigenvalue weighted by molar-refractivity contribution is 0.427. The smallest absolute Gasteiger partial charge is 0.261 e. The van der Waals surface area contributed by atoms with Gasteiger partial charge in [0.15, 0.2) is 0 Å². The molecule has 2 aromatic heterocycles. The van der Waals surface area contributed by atoms with Crippen LogP contribution in [0.3, 0.4) is 0 Å². The molecule has 1 unspecified atom stereocenters. The predicted molar refractivity (Wildman–Crippen MR) is 68.2 cm³/mol. The van der Waals surface area contributed by atoms with Crippen molar-refractivity contribution in [3.05, 3.63) is 29.3 Å². The maximum Gasteiger partial charge on any atom is 0.261 e. The standard InChI is InChI=1S/C10H13ClN4O3S/c1-6-4-12-9(18-6)7(2)14-19(16,17)10-8(11)15(3)5-13-10/h4-5,7,14H,1-3H3. The molecule has 19 heavy (non-hydrogen) atoms. The van der Waals surface area contributed by atoms with Gasteiger partial charge in [0.2, 0.25) is 10.9 Å². The summed E-state index contributed by atoms with van der Waals surface area (Å²) in [7, 11) is -2.22. The van der Waals surface area contributed by atoms with E-state index in [0.29, 0.717) is 5.76 Å².